The number of rotatable bonds is 8. The Morgan fingerprint density at radius 2 is 2.11 bits per heavy atom. The fourth-order valence-corrected chi connectivity index (χ4v) is 2.19. The molecular weight excluding hydrogens is 236 g/mol. The normalized spacial score (nSPS) is 13.8. The van der Waals surface area contributed by atoms with Crippen molar-refractivity contribution in [3.8, 4) is 6.07 Å². The van der Waals surface area contributed by atoms with E-state index < -0.39 is 6.10 Å². The molecule has 1 heterocycles. The number of aliphatic hydroxyl groups is 1. The van der Waals surface area contributed by atoms with Gasteiger partial charge < -0.3 is 5.11 Å². The zero-order valence-electron chi connectivity index (χ0n) is 12.0. The molecule has 0 aliphatic carbocycles. The Balaban J connectivity index is 2.46. The van der Waals surface area contributed by atoms with Gasteiger partial charge in [0.2, 0.25) is 0 Å². The van der Waals surface area contributed by atoms with Crippen LogP contribution in [0.4, 0.5) is 0 Å². The molecule has 0 spiro atoms. The summed E-state index contributed by atoms with van der Waals surface area (Å²) in [6.45, 7) is 4.09. The first-order valence-corrected chi connectivity index (χ1v) is 7.18. The number of hydrogen-bond donors (Lipinski definition) is 1. The molecule has 0 aliphatic rings. The monoisotopic (exact) mass is 260 g/mol. The summed E-state index contributed by atoms with van der Waals surface area (Å²) >= 11 is 0. The average Bonchev–Trinajstić information content (AvgIpc) is 2.41. The van der Waals surface area contributed by atoms with E-state index >= 15 is 0 Å². The molecule has 0 aromatic carbocycles. The third kappa shape index (κ3) is 5.85. The molecule has 104 valence electrons. The standard InChI is InChI=1S/C16H24N2O/c1-3-4-5-6-9-15(19)11-14(12-17)16-10-7-8-13(2)18-16/h7-8,10,14-15,19H,3-6,9,11H2,1-2H3. The highest BCUT2D eigenvalue weighted by Crippen LogP contribution is 2.21. The zero-order chi connectivity index (χ0) is 14.1. The fourth-order valence-electron chi connectivity index (χ4n) is 2.19. The molecule has 1 aromatic rings. The topological polar surface area (TPSA) is 56.9 Å². The number of aryl methyl sites for hydroxylation is 1. The molecule has 1 aromatic heterocycles. The van der Waals surface area contributed by atoms with E-state index in [2.05, 4.69) is 18.0 Å². The zero-order valence-corrected chi connectivity index (χ0v) is 12.0. The quantitative estimate of drug-likeness (QED) is 0.725. The molecule has 0 radical (unpaired) electrons. The first kappa shape index (κ1) is 15.7. The number of pyridine rings is 1. The SMILES string of the molecule is CCCCCCC(O)CC(C#N)c1cccc(C)n1. The van der Waals surface area contributed by atoms with Crippen molar-refractivity contribution in [1.29, 1.82) is 5.26 Å². The Kier molecular flexibility index (Phi) is 7.14. The molecular formula is C16H24N2O. The minimum Gasteiger partial charge on any atom is -0.393 e. The van der Waals surface area contributed by atoms with Crippen LogP contribution in [0.25, 0.3) is 0 Å². The minimum atomic E-state index is -0.399. The number of unbranched alkanes of at least 4 members (excludes halogenated alkanes) is 3. The maximum absolute atomic E-state index is 10.0. The van der Waals surface area contributed by atoms with Crippen LogP contribution in [-0.4, -0.2) is 16.2 Å². The molecule has 0 saturated carbocycles. The molecule has 2 atom stereocenters. The maximum Gasteiger partial charge on any atom is 0.0909 e. The van der Waals surface area contributed by atoms with Crippen LogP contribution in [0.5, 0.6) is 0 Å². The van der Waals surface area contributed by atoms with Crippen molar-refractivity contribution >= 4 is 0 Å². The molecule has 0 saturated heterocycles. The van der Waals surface area contributed by atoms with Crippen LogP contribution in [0, 0.1) is 18.3 Å². The van der Waals surface area contributed by atoms with Crippen molar-refractivity contribution in [3.05, 3.63) is 29.6 Å². The summed E-state index contributed by atoms with van der Waals surface area (Å²) in [7, 11) is 0. The molecule has 0 aliphatic heterocycles. The number of aromatic nitrogens is 1. The van der Waals surface area contributed by atoms with E-state index in [0.717, 1.165) is 30.7 Å². The number of nitriles is 1. The van der Waals surface area contributed by atoms with Crippen LogP contribution < -0.4 is 0 Å². The Morgan fingerprint density at radius 1 is 1.32 bits per heavy atom. The Bertz CT molecular complexity index is 411. The van der Waals surface area contributed by atoms with E-state index in [-0.39, 0.29) is 5.92 Å². The van der Waals surface area contributed by atoms with Crippen LogP contribution in [0.3, 0.4) is 0 Å². The van der Waals surface area contributed by atoms with Crippen LogP contribution in [0.2, 0.25) is 0 Å². The maximum atomic E-state index is 10.0. The smallest absolute Gasteiger partial charge is 0.0909 e. The first-order valence-electron chi connectivity index (χ1n) is 7.18. The van der Waals surface area contributed by atoms with Crippen LogP contribution in [0.15, 0.2) is 18.2 Å². The highest BCUT2D eigenvalue weighted by Gasteiger charge is 2.17. The van der Waals surface area contributed by atoms with Crippen LogP contribution in [0.1, 0.15) is 62.8 Å². The van der Waals surface area contributed by atoms with E-state index in [9.17, 15) is 10.4 Å². The van der Waals surface area contributed by atoms with Gasteiger partial charge in [0, 0.05) is 5.69 Å². The van der Waals surface area contributed by atoms with Crippen molar-refractivity contribution in [2.24, 2.45) is 0 Å². The molecule has 0 bridgehead atoms. The highest BCUT2D eigenvalue weighted by molar-refractivity contribution is 5.19. The lowest BCUT2D eigenvalue weighted by Gasteiger charge is -2.14. The number of hydrogen-bond acceptors (Lipinski definition) is 3. The summed E-state index contributed by atoms with van der Waals surface area (Å²) in [6, 6.07) is 7.95. The molecule has 19 heavy (non-hydrogen) atoms. The van der Waals surface area contributed by atoms with Gasteiger partial charge in [-0.3, -0.25) is 4.98 Å². The van der Waals surface area contributed by atoms with Gasteiger partial charge in [0.1, 0.15) is 0 Å². The molecule has 3 nitrogen and oxygen atoms in total. The van der Waals surface area contributed by atoms with E-state index in [1.54, 1.807) is 0 Å². The second-order valence-corrected chi connectivity index (χ2v) is 5.12. The molecule has 2 unspecified atom stereocenters. The lowest BCUT2D eigenvalue weighted by atomic mass is 9.95. The van der Waals surface area contributed by atoms with Gasteiger partial charge in [0.15, 0.2) is 0 Å². The van der Waals surface area contributed by atoms with Crippen LogP contribution >= 0.6 is 0 Å². The predicted octanol–water partition coefficient (Wildman–Crippen LogP) is 3.72. The van der Waals surface area contributed by atoms with Gasteiger partial charge in [0.25, 0.3) is 0 Å². The summed E-state index contributed by atoms with van der Waals surface area (Å²) < 4.78 is 0. The van der Waals surface area contributed by atoms with E-state index in [4.69, 9.17) is 0 Å². The number of nitrogens with zero attached hydrogens (tertiary/aromatic N) is 2. The van der Waals surface area contributed by atoms with Gasteiger partial charge in [-0.1, -0.05) is 38.7 Å². The molecule has 1 rings (SSSR count). The number of aliphatic hydroxyl groups excluding tert-OH is 1. The molecule has 1 N–H and O–H groups in total. The Hall–Kier alpha value is -1.40. The van der Waals surface area contributed by atoms with E-state index in [1.165, 1.54) is 12.8 Å². The van der Waals surface area contributed by atoms with E-state index in [0.29, 0.717) is 6.42 Å². The van der Waals surface area contributed by atoms with Gasteiger partial charge in [-0.2, -0.15) is 5.26 Å². The van der Waals surface area contributed by atoms with Crippen molar-refractivity contribution in [3.63, 3.8) is 0 Å². The minimum absolute atomic E-state index is 0.305. The predicted molar refractivity (Wildman–Crippen MR) is 76.7 cm³/mol. The van der Waals surface area contributed by atoms with Crippen LogP contribution in [-0.2, 0) is 0 Å². The van der Waals surface area contributed by atoms with Gasteiger partial charge in [-0.25, -0.2) is 0 Å². The summed E-state index contributed by atoms with van der Waals surface area (Å²) in [6.07, 6.45) is 5.48. The highest BCUT2D eigenvalue weighted by atomic mass is 16.3. The van der Waals surface area contributed by atoms with Gasteiger partial charge in [-0.05, 0) is 31.9 Å². The Morgan fingerprint density at radius 3 is 2.74 bits per heavy atom. The third-order valence-corrected chi connectivity index (χ3v) is 3.32. The second kappa shape index (κ2) is 8.66. The summed E-state index contributed by atoms with van der Waals surface area (Å²) in [5.74, 6) is -0.305. The molecule has 3 heteroatoms. The van der Waals surface area contributed by atoms with E-state index in [1.807, 2.05) is 25.1 Å². The first-order chi connectivity index (χ1) is 9.17. The van der Waals surface area contributed by atoms with Crippen molar-refractivity contribution in [2.45, 2.75) is 64.4 Å². The van der Waals surface area contributed by atoms with Crippen molar-refractivity contribution in [2.75, 3.05) is 0 Å². The molecule has 0 amide bonds. The van der Waals surface area contributed by atoms with Gasteiger partial charge >= 0.3 is 0 Å². The van der Waals surface area contributed by atoms with Gasteiger partial charge in [-0.15, -0.1) is 0 Å². The fraction of sp³-hybridized carbons (Fsp3) is 0.625. The molecule has 0 fully saturated rings. The third-order valence-electron chi connectivity index (χ3n) is 3.32. The second-order valence-electron chi connectivity index (χ2n) is 5.12. The van der Waals surface area contributed by atoms with Crippen molar-refractivity contribution < 1.29 is 5.11 Å². The summed E-state index contributed by atoms with van der Waals surface area (Å²) in [5.41, 5.74) is 1.69. The lowest BCUT2D eigenvalue weighted by Crippen LogP contribution is -2.12. The summed E-state index contributed by atoms with van der Waals surface area (Å²) in [4.78, 5) is 4.37. The largest absolute Gasteiger partial charge is 0.393 e. The average molecular weight is 260 g/mol. The van der Waals surface area contributed by atoms with Gasteiger partial charge in [0.05, 0.1) is 23.8 Å². The summed E-state index contributed by atoms with van der Waals surface area (Å²) in [5, 5.41) is 19.2. The Labute approximate surface area is 116 Å². The lowest BCUT2D eigenvalue weighted by molar-refractivity contribution is 0.147. The van der Waals surface area contributed by atoms with Crippen molar-refractivity contribution in [1.82, 2.24) is 4.98 Å².